The Hall–Kier alpha value is -1.62. The molecule has 0 N–H and O–H groups in total. The first-order valence-corrected chi connectivity index (χ1v) is 6.07. The minimum atomic E-state index is -0.206. The van der Waals surface area contributed by atoms with Gasteiger partial charge in [0.05, 0.1) is 20.3 Å². The van der Waals surface area contributed by atoms with E-state index in [-0.39, 0.29) is 12.5 Å². The maximum atomic E-state index is 11.4. The van der Waals surface area contributed by atoms with Crippen LogP contribution in [0.15, 0.2) is 18.3 Å². The number of hydrogen-bond donors (Lipinski definition) is 0. The number of rotatable bonds is 7. The number of esters is 1. The summed E-state index contributed by atoms with van der Waals surface area (Å²) in [7, 11) is 1.59. The Morgan fingerprint density at radius 3 is 2.83 bits per heavy atom. The first-order valence-electron chi connectivity index (χ1n) is 6.07. The van der Waals surface area contributed by atoms with E-state index in [2.05, 4.69) is 4.98 Å². The molecule has 0 unspecified atom stereocenters. The van der Waals surface area contributed by atoms with E-state index in [1.165, 1.54) is 0 Å². The van der Waals surface area contributed by atoms with Crippen LogP contribution >= 0.6 is 0 Å². The first kappa shape index (κ1) is 14.4. The van der Waals surface area contributed by atoms with Crippen LogP contribution in [0.25, 0.3) is 0 Å². The number of methoxy groups -OCH3 is 1. The van der Waals surface area contributed by atoms with E-state index in [0.717, 1.165) is 12.1 Å². The van der Waals surface area contributed by atoms with Gasteiger partial charge in [0.2, 0.25) is 5.88 Å². The van der Waals surface area contributed by atoms with Crippen LogP contribution in [0.3, 0.4) is 0 Å². The van der Waals surface area contributed by atoms with Gasteiger partial charge in [0.15, 0.2) is 0 Å². The molecule has 0 aliphatic rings. The summed E-state index contributed by atoms with van der Waals surface area (Å²) in [5.74, 6) is 0.391. The van der Waals surface area contributed by atoms with Crippen molar-refractivity contribution in [3.05, 3.63) is 23.9 Å². The third kappa shape index (κ3) is 4.33. The second-order valence-electron chi connectivity index (χ2n) is 3.78. The van der Waals surface area contributed by atoms with Crippen LogP contribution in [-0.4, -0.2) is 42.7 Å². The van der Waals surface area contributed by atoms with Crippen molar-refractivity contribution in [2.75, 3.05) is 26.8 Å². The molecule has 0 spiro atoms. The highest BCUT2D eigenvalue weighted by Gasteiger charge is 2.13. The summed E-state index contributed by atoms with van der Waals surface area (Å²) in [6.07, 6.45) is 1.68. The summed E-state index contributed by atoms with van der Waals surface area (Å²) < 4.78 is 10.1. The van der Waals surface area contributed by atoms with Gasteiger partial charge in [-0.25, -0.2) is 4.98 Å². The first-order chi connectivity index (χ1) is 8.71. The van der Waals surface area contributed by atoms with Gasteiger partial charge in [0.25, 0.3) is 0 Å². The fraction of sp³-hybridized carbons (Fsp3) is 0.538. The second kappa shape index (κ2) is 7.66. The van der Waals surface area contributed by atoms with Crippen molar-refractivity contribution in [3.8, 4) is 5.88 Å². The van der Waals surface area contributed by atoms with E-state index in [0.29, 0.717) is 19.0 Å². The lowest BCUT2D eigenvalue weighted by molar-refractivity contribution is -0.144. The Morgan fingerprint density at radius 2 is 2.22 bits per heavy atom. The highest BCUT2D eigenvalue weighted by molar-refractivity contribution is 5.71. The van der Waals surface area contributed by atoms with Gasteiger partial charge in [0.1, 0.15) is 0 Å². The van der Waals surface area contributed by atoms with Crippen LogP contribution in [0.4, 0.5) is 0 Å². The van der Waals surface area contributed by atoms with Crippen molar-refractivity contribution in [3.63, 3.8) is 0 Å². The smallest absolute Gasteiger partial charge is 0.320 e. The average molecular weight is 252 g/mol. The van der Waals surface area contributed by atoms with Gasteiger partial charge in [0, 0.05) is 18.3 Å². The minimum absolute atomic E-state index is 0.206. The van der Waals surface area contributed by atoms with Crippen molar-refractivity contribution in [1.82, 2.24) is 9.88 Å². The lowest BCUT2D eigenvalue weighted by Crippen LogP contribution is -2.30. The fourth-order valence-electron chi connectivity index (χ4n) is 1.64. The molecule has 1 aromatic heterocycles. The average Bonchev–Trinajstić information content (AvgIpc) is 2.38. The van der Waals surface area contributed by atoms with Gasteiger partial charge in [-0.15, -0.1) is 0 Å². The molecule has 0 saturated heterocycles. The highest BCUT2D eigenvalue weighted by atomic mass is 16.5. The topological polar surface area (TPSA) is 51.7 Å². The molecule has 0 fully saturated rings. The van der Waals surface area contributed by atoms with Gasteiger partial charge >= 0.3 is 5.97 Å². The number of ether oxygens (including phenoxy) is 2. The van der Waals surface area contributed by atoms with Crippen LogP contribution in [0.2, 0.25) is 0 Å². The molecular formula is C13H20N2O3. The third-order valence-electron chi connectivity index (χ3n) is 2.54. The molecule has 0 aromatic carbocycles. The fourth-order valence-corrected chi connectivity index (χ4v) is 1.64. The lowest BCUT2D eigenvalue weighted by atomic mass is 10.2. The van der Waals surface area contributed by atoms with Gasteiger partial charge in [-0.3, -0.25) is 9.69 Å². The summed E-state index contributed by atoms with van der Waals surface area (Å²) in [5, 5.41) is 0. The molecule has 1 rings (SSSR count). The standard InChI is InChI=1S/C13H20N2O3/c1-4-15(10-12(16)18-5-2)9-11-7-6-8-14-13(11)17-3/h6-8H,4-5,9-10H2,1-3H3. The van der Waals surface area contributed by atoms with Crippen molar-refractivity contribution >= 4 is 5.97 Å². The van der Waals surface area contributed by atoms with E-state index in [1.54, 1.807) is 20.2 Å². The Balaban J connectivity index is 2.64. The van der Waals surface area contributed by atoms with Crippen LogP contribution in [-0.2, 0) is 16.1 Å². The molecule has 1 aromatic rings. The zero-order valence-corrected chi connectivity index (χ0v) is 11.2. The summed E-state index contributed by atoms with van der Waals surface area (Å²) in [6, 6.07) is 3.80. The summed E-state index contributed by atoms with van der Waals surface area (Å²) in [4.78, 5) is 17.6. The van der Waals surface area contributed by atoms with Crippen molar-refractivity contribution in [2.24, 2.45) is 0 Å². The summed E-state index contributed by atoms with van der Waals surface area (Å²) in [6.45, 7) is 5.87. The van der Waals surface area contributed by atoms with Crippen LogP contribution in [0.5, 0.6) is 5.88 Å². The molecule has 5 heteroatoms. The number of pyridine rings is 1. The molecule has 0 aliphatic heterocycles. The van der Waals surface area contributed by atoms with Crippen LogP contribution in [0.1, 0.15) is 19.4 Å². The van der Waals surface area contributed by atoms with E-state index in [4.69, 9.17) is 9.47 Å². The van der Waals surface area contributed by atoms with Gasteiger partial charge in [-0.1, -0.05) is 13.0 Å². The third-order valence-corrected chi connectivity index (χ3v) is 2.54. The molecule has 1 heterocycles. The monoisotopic (exact) mass is 252 g/mol. The number of carbonyl (C=O) groups excluding carboxylic acids is 1. The van der Waals surface area contributed by atoms with Crippen molar-refractivity contribution in [1.29, 1.82) is 0 Å². The molecule has 5 nitrogen and oxygen atoms in total. The molecular weight excluding hydrogens is 232 g/mol. The van der Waals surface area contributed by atoms with Crippen molar-refractivity contribution < 1.29 is 14.3 Å². The van der Waals surface area contributed by atoms with E-state index >= 15 is 0 Å². The molecule has 0 bridgehead atoms. The number of hydrogen-bond acceptors (Lipinski definition) is 5. The normalized spacial score (nSPS) is 10.4. The van der Waals surface area contributed by atoms with Crippen LogP contribution < -0.4 is 4.74 Å². The Morgan fingerprint density at radius 1 is 1.44 bits per heavy atom. The number of nitrogens with zero attached hydrogens (tertiary/aromatic N) is 2. The Kier molecular flexibility index (Phi) is 6.14. The molecule has 18 heavy (non-hydrogen) atoms. The van der Waals surface area contributed by atoms with E-state index in [9.17, 15) is 4.79 Å². The number of carbonyl (C=O) groups is 1. The SMILES string of the molecule is CCOC(=O)CN(CC)Cc1cccnc1OC. The predicted octanol–water partition coefficient (Wildman–Crippen LogP) is 1.48. The number of likely N-dealkylation sites (N-methyl/N-ethyl adjacent to an activating group) is 1. The zero-order valence-electron chi connectivity index (χ0n) is 11.2. The highest BCUT2D eigenvalue weighted by Crippen LogP contribution is 2.15. The molecule has 0 amide bonds. The molecule has 0 radical (unpaired) electrons. The zero-order chi connectivity index (χ0) is 13.4. The molecule has 0 saturated carbocycles. The molecule has 0 aliphatic carbocycles. The summed E-state index contributed by atoms with van der Waals surface area (Å²) in [5.41, 5.74) is 0.964. The summed E-state index contributed by atoms with van der Waals surface area (Å²) >= 11 is 0. The van der Waals surface area contributed by atoms with Crippen LogP contribution in [0, 0.1) is 0 Å². The Bertz CT molecular complexity index is 382. The van der Waals surface area contributed by atoms with Gasteiger partial charge in [-0.2, -0.15) is 0 Å². The van der Waals surface area contributed by atoms with Crippen molar-refractivity contribution in [2.45, 2.75) is 20.4 Å². The van der Waals surface area contributed by atoms with E-state index in [1.807, 2.05) is 24.0 Å². The largest absolute Gasteiger partial charge is 0.481 e. The van der Waals surface area contributed by atoms with Gasteiger partial charge < -0.3 is 9.47 Å². The maximum absolute atomic E-state index is 11.4. The molecule has 0 atom stereocenters. The van der Waals surface area contributed by atoms with E-state index < -0.39 is 0 Å². The predicted molar refractivity (Wildman–Crippen MR) is 68.4 cm³/mol. The lowest BCUT2D eigenvalue weighted by Gasteiger charge is -2.20. The van der Waals surface area contributed by atoms with Gasteiger partial charge in [-0.05, 0) is 19.5 Å². The maximum Gasteiger partial charge on any atom is 0.320 e. The second-order valence-corrected chi connectivity index (χ2v) is 3.78. The quantitative estimate of drug-likeness (QED) is 0.688. The molecule has 100 valence electrons. The minimum Gasteiger partial charge on any atom is -0.481 e. The Labute approximate surface area is 108 Å². The number of aromatic nitrogens is 1.